The molecule has 134 valence electrons. The zero-order valence-corrected chi connectivity index (χ0v) is 20.0. The van der Waals surface area contributed by atoms with Crippen molar-refractivity contribution >= 4 is 111 Å². The van der Waals surface area contributed by atoms with Gasteiger partial charge in [-0.15, -0.1) is 11.3 Å². The van der Waals surface area contributed by atoms with Crippen molar-refractivity contribution in [2.45, 2.75) is 0 Å². The number of hydrogen-bond donors (Lipinski definition) is 1. The Kier molecular flexibility index (Phi) is 6.73. The third kappa shape index (κ3) is 4.66. The number of anilines is 1. The number of benzene rings is 1. The van der Waals surface area contributed by atoms with Crippen molar-refractivity contribution < 1.29 is 9.59 Å². The van der Waals surface area contributed by atoms with Gasteiger partial charge >= 0.3 is 0 Å². The van der Waals surface area contributed by atoms with Crippen molar-refractivity contribution in [1.29, 1.82) is 0 Å². The number of thioether (sulfide) groups is 1. The third-order valence-electron chi connectivity index (χ3n) is 3.26. The van der Waals surface area contributed by atoms with Crippen molar-refractivity contribution in [3.05, 3.63) is 52.8 Å². The lowest BCUT2D eigenvalue weighted by Crippen LogP contribution is -2.36. The highest BCUT2D eigenvalue weighted by Gasteiger charge is 2.33. The van der Waals surface area contributed by atoms with Crippen LogP contribution in [0.15, 0.2) is 48.0 Å². The maximum absolute atomic E-state index is 12.6. The van der Waals surface area contributed by atoms with Gasteiger partial charge in [0.05, 0.1) is 10.6 Å². The van der Waals surface area contributed by atoms with Crippen LogP contribution in [-0.4, -0.2) is 27.6 Å². The highest BCUT2D eigenvalue weighted by atomic mass is 79.9. The van der Waals surface area contributed by atoms with Crippen LogP contribution in [0.25, 0.3) is 6.08 Å². The Morgan fingerprint density at radius 1 is 1.27 bits per heavy atom. The molecule has 2 aromatic rings. The standard InChI is InChI=1S/C16H9Br3N2O2S3/c17-8-4-10(18)14(11(19)5-8)20-13(22)7-21-15(23)12(26-16(21)24)6-9-2-1-3-25-9/h1-6H,7H2,(H,20,22)/b12-6+. The predicted molar refractivity (Wildman–Crippen MR) is 122 cm³/mol. The van der Waals surface area contributed by atoms with E-state index in [0.717, 1.165) is 18.3 Å². The number of rotatable bonds is 4. The molecule has 4 nitrogen and oxygen atoms in total. The molecule has 0 radical (unpaired) electrons. The minimum atomic E-state index is -0.331. The van der Waals surface area contributed by atoms with E-state index in [1.807, 2.05) is 29.6 Å². The summed E-state index contributed by atoms with van der Waals surface area (Å²) in [6, 6.07) is 7.48. The second-order valence-electron chi connectivity index (χ2n) is 5.08. The summed E-state index contributed by atoms with van der Waals surface area (Å²) >= 11 is 18.2. The van der Waals surface area contributed by atoms with Crippen LogP contribution in [0.5, 0.6) is 0 Å². The predicted octanol–water partition coefficient (Wildman–Crippen LogP) is 5.88. The molecule has 0 spiro atoms. The fourth-order valence-corrected chi connectivity index (χ4v) is 6.56. The summed E-state index contributed by atoms with van der Waals surface area (Å²) < 4.78 is 2.68. The van der Waals surface area contributed by atoms with Gasteiger partial charge in [0.1, 0.15) is 10.9 Å². The molecule has 26 heavy (non-hydrogen) atoms. The van der Waals surface area contributed by atoms with Gasteiger partial charge < -0.3 is 5.32 Å². The smallest absolute Gasteiger partial charge is 0.266 e. The first-order chi connectivity index (χ1) is 12.3. The maximum Gasteiger partial charge on any atom is 0.266 e. The van der Waals surface area contributed by atoms with Crippen LogP contribution in [0.4, 0.5) is 5.69 Å². The van der Waals surface area contributed by atoms with Crippen LogP contribution in [-0.2, 0) is 9.59 Å². The van der Waals surface area contributed by atoms with Crippen LogP contribution >= 0.6 is 83.1 Å². The second-order valence-corrected chi connectivity index (χ2v) is 10.4. The topological polar surface area (TPSA) is 49.4 Å². The summed E-state index contributed by atoms with van der Waals surface area (Å²) in [6.07, 6.45) is 1.80. The minimum Gasteiger partial charge on any atom is -0.323 e. The molecule has 1 aromatic heterocycles. The fraction of sp³-hybridized carbons (Fsp3) is 0.0625. The Bertz CT molecular complexity index is 906. The molecule has 0 aliphatic carbocycles. The van der Waals surface area contributed by atoms with E-state index in [1.165, 1.54) is 28.0 Å². The number of amides is 2. The van der Waals surface area contributed by atoms with Gasteiger partial charge in [-0.1, -0.05) is 46.0 Å². The molecule has 1 saturated heterocycles. The van der Waals surface area contributed by atoms with Gasteiger partial charge in [0.2, 0.25) is 5.91 Å². The number of thiocarbonyl (C=S) groups is 1. The van der Waals surface area contributed by atoms with E-state index in [1.54, 1.807) is 6.08 Å². The molecule has 3 rings (SSSR count). The van der Waals surface area contributed by atoms with Gasteiger partial charge in [-0.05, 0) is 61.5 Å². The van der Waals surface area contributed by atoms with Gasteiger partial charge in [0.15, 0.2) is 0 Å². The molecule has 10 heteroatoms. The fourth-order valence-electron chi connectivity index (χ4n) is 2.12. The van der Waals surface area contributed by atoms with Gasteiger partial charge in [-0.2, -0.15) is 0 Å². The Hall–Kier alpha value is -0.520. The summed E-state index contributed by atoms with van der Waals surface area (Å²) in [5.41, 5.74) is 0.595. The number of carbonyl (C=O) groups is 2. The van der Waals surface area contributed by atoms with Crippen molar-refractivity contribution in [3.63, 3.8) is 0 Å². The van der Waals surface area contributed by atoms with E-state index >= 15 is 0 Å². The van der Waals surface area contributed by atoms with Crippen molar-refractivity contribution in [3.8, 4) is 0 Å². The molecule has 0 atom stereocenters. The molecule has 2 heterocycles. The van der Waals surface area contributed by atoms with Crippen LogP contribution in [0, 0.1) is 0 Å². The molecule has 1 fully saturated rings. The molecule has 0 unspecified atom stereocenters. The number of nitrogens with one attached hydrogen (secondary N) is 1. The monoisotopic (exact) mass is 594 g/mol. The number of nitrogens with zero attached hydrogens (tertiary/aromatic N) is 1. The molecule has 2 amide bonds. The van der Waals surface area contributed by atoms with Crippen LogP contribution in [0.3, 0.4) is 0 Å². The molecule has 0 bridgehead atoms. The van der Waals surface area contributed by atoms with Gasteiger partial charge in [0, 0.05) is 18.3 Å². The Morgan fingerprint density at radius 3 is 2.58 bits per heavy atom. The van der Waals surface area contributed by atoms with E-state index in [4.69, 9.17) is 12.2 Å². The molecule has 1 aliphatic heterocycles. The lowest BCUT2D eigenvalue weighted by Gasteiger charge is -2.15. The molecule has 1 N–H and O–H groups in total. The van der Waals surface area contributed by atoms with Crippen LogP contribution in [0.2, 0.25) is 0 Å². The lowest BCUT2D eigenvalue weighted by atomic mass is 10.3. The Labute approximate surface area is 188 Å². The van der Waals surface area contributed by atoms with Gasteiger partial charge in [0.25, 0.3) is 5.91 Å². The quantitative estimate of drug-likeness (QED) is 0.354. The normalized spacial score (nSPS) is 15.8. The molecule has 1 aliphatic rings. The summed E-state index contributed by atoms with van der Waals surface area (Å²) in [5.74, 6) is -0.583. The lowest BCUT2D eigenvalue weighted by molar-refractivity contribution is -0.126. The van der Waals surface area contributed by atoms with Crippen molar-refractivity contribution in [1.82, 2.24) is 4.90 Å². The molecular weight excluding hydrogens is 588 g/mol. The molecule has 0 saturated carbocycles. The summed E-state index contributed by atoms with van der Waals surface area (Å²) in [4.78, 5) is 27.8. The number of hydrogen-bond acceptors (Lipinski definition) is 5. The SMILES string of the molecule is O=C(CN1C(=O)/C(=C\c2cccs2)SC1=S)Nc1c(Br)cc(Br)cc1Br. The van der Waals surface area contributed by atoms with E-state index in [2.05, 4.69) is 53.1 Å². The van der Waals surface area contributed by atoms with Gasteiger partial charge in [-0.3, -0.25) is 14.5 Å². The van der Waals surface area contributed by atoms with E-state index < -0.39 is 0 Å². The first-order valence-electron chi connectivity index (χ1n) is 7.08. The largest absolute Gasteiger partial charge is 0.323 e. The second kappa shape index (κ2) is 8.66. The average molecular weight is 597 g/mol. The summed E-state index contributed by atoms with van der Waals surface area (Å²) in [5, 5.41) is 4.74. The Balaban J connectivity index is 1.72. The Morgan fingerprint density at radius 2 is 1.96 bits per heavy atom. The minimum absolute atomic E-state index is 0.138. The van der Waals surface area contributed by atoms with Crippen molar-refractivity contribution in [2.24, 2.45) is 0 Å². The van der Waals surface area contributed by atoms with E-state index in [9.17, 15) is 9.59 Å². The van der Waals surface area contributed by atoms with Crippen LogP contribution < -0.4 is 5.32 Å². The first-order valence-corrected chi connectivity index (χ1v) is 11.6. The molecular formula is C16H9Br3N2O2S3. The highest BCUT2D eigenvalue weighted by molar-refractivity contribution is 9.11. The van der Waals surface area contributed by atoms with Gasteiger partial charge in [-0.25, -0.2) is 0 Å². The summed E-state index contributed by atoms with van der Waals surface area (Å²) in [6.45, 7) is -0.138. The number of halogens is 3. The van der Waals surface area contributed by atoms with Crippen molar-refractivity contribution in [2.75, 3.05) is 11.9 Å². The van der Waals surface area contributed by atoms with E-state index in [-0.39, 0.29) is 18.4 Å². The highest BCUT2D eigenvalue weighted by Crippen LogP contribution is 2.35. The summed E-state index contributed by atoms with van der Waals surface area (Å²) in [7, 11) is 0. The maximum atomic E-state index is 12.6. The zero-order valence-electron chi connectivity index (χ0n) is 12.8. The first kappa shape index (κ1) is 20.2. The average Bonchev–Trinajstić information content (AvgIpc) is 3.15. The van der Waals surface area contributed by atoms with E-state index in [0.29, 0.717) is 14.9 Å². The number of carbonyl (C=O) groups excluding carboxylic acids is 2. The zero-order chi connectivity index (χ0) is 18.8. The third-order valence-corrected chi connectivity index (χ3v) is 7.17. The number of thiophene rings is 1. The molecule has 1 aromatic carbocycles. The van der Waals surface area contributed by atoms with Crippen LogP contribution in [0.1, 0.15) is 4.88 Å².